The molecule has 2 aromatic carbocycles. The normalized spacial score (nSPS) is 19.4. The summed E-state index contributed by atoms with van der Waals surface area (Å²) in [6, 6.07) is 20.0. The van der Waals surface area contributed by atoms with Crippen LogP contribution in [0.4, 0.5) is 0 Å². The molecule has 0 N–H and O–H groups in total. The van der Waals surface area contributed by atoms with Crippen LogP contribution in [-0.2, 0) is 20.2 Å². The van der Waals surface area contributed by atoms with E-state index in [1.54, 1.807) is 0 Å². The zero-order chi connectivity index (χ0) is 20.7. The molecule has 4 nitrogen and oxygen atoms in total. The molecular weight excluding hydrogens is 381 g/mol. The van der Waals surface area contributed by atoms with Gasteiger partial charge in [-0.2, -0.15) is 4.67 Å². The lowest BCUT2D eigenvalue weighted by atomic mass is 9.97. The number of hydrogen-bond acceptors (Lipinski definition) is 3. The third kappa shape index (κ3) is 5.90. The summed E-state index contributed by atoms with van der Waals surface area (Å²) in [5.41, 5.74) is 2.00. The number of nitrogens with zero attached hydrogens (tertiary/aromatic N) is 1. The van der Waals surface area contributed by atoms with E-state index in [1.165, 1.54) is 0 Å². The Labute approximate surface area is 175 Å². The molecule has 1 aliphatic heterocycles. The van der Waals surface area contributed by atoms with E-state index >= 15 is 0 Å². The van der Waals surface area contributed by atoms with Gasteiger partial charge in [0.2, 0.25) is 0 Å². The van der Waals surface area contributed by atoms with Gasteiger partial charge in [0, 0.05) is 12.0 Å². The summed E-state index contributed by atoms with van der Waals surface area (Å²) in [5, 5.41) is 0. The molecule has 0 bridgehead atoms. The lowest BCUT2D eigenvalue weighted by Gasteiger charge is -2.41. The molecule has 0 amide bonds. The molecule has 1 fully saturated rings. The van der Waals surface area contributed by atoms with Gasteiger partial charge in [-0.25, -0.2) is 4.57 Å². The van der Waals surface area contributed by atoms with Crippen molar-refractivity contribution in [1.82, 2.24) is 4.67 Å². The van der Waals surface area contributed by atoms with Crippen molar-refractivity contribution in [3.8, 4) is 0 Å². The Morgan fingerprint density at radius 2 is 1.62 bits per heavy atom. The van der Waals surface area contributed by atoms with Crippen LogP contribution in [0.3, 0.4) is 0 Å². The highest BCUT2D eigenvalue weighted by molar-refractivity contribution is 7.51. The zero-order valence-electron chi connectivity index (χ0n) is 17.7. The lowest BCUT2D eigenvalue weighted by Crippen LogP contribution is -2.36. The van der Waals surface area contributed by atoms with Crippen molar-refractivity contribution in [1.29, 1.82) is 0 Å². The summed E-state index contributed by atoms with van der Waals surface area (Å²) in [4.78, 5) is 0. The monoisotopic (exact) mass is 413 g/mol. The first-order valence-corrected chi connectivity index (χ1v) is 11.8. The molecule has 3 rings (SSSR count). The predicted octanol–water partition coefficient (Wildman–Crippen LogP) is 6.77. The van der Waals surface area contributed by atoms with Gasteiger partial charge in [-0.3, -0.25) is 9.05 Å². The number of benzene rings is 2. The van der Waals surface area contributed by atoms with Crippen LogP contribution < -0.4 is 0 Å². The first-order valence-electron chi connectivity index (χ1n) is 10.4. The lowest BCUT2D eigenvalue weighted by molar-refractivity contribution is 0.0165. The minimum atomic E-state index is -3.46. The van der Waals surface area contributed by atoms with Gasteiger partial charge in [0.05, 0.1) is 19.3 Å². The van der Waals surface area contributed by atoms with Crippen LogP contribution in [0.25, 0.3) is 0 Å². The highest BCUT2D eigenvalue weighted by atomic mass is 31.2. The smallest absolute Gasteiger partial charge is 0.296 e. The standard InChI is InChI=1S/C24H32NO3P/c1-4-5-8-17-23(22-15-11-7-12-16-22)25(18-21-13-9-6-10-14-21)29(26)27-19-24(2,3)20-28-29/h6-17,23H,4-5,18-20H2,1-3H3/b17-8+. The fraction of sp³-hybridized carbons (Fsp3) is 0.417. The van der Waals surface area contributed by atoms with Gasteiger partial charge in [-0.1, -0.05) is 100 Å². The first-order chi connectivity index (χ1) is 13.9. The average Bonchev–Trinajstić information content (AvgIpc) is 2.74. The highest BCUT2D eigenvalue weighted by Gasteiger charge is 2.44. The van der Waals surface area contributed by atoms with Crippen molar-refractivity contribution in [3.63, 3.8) is 0 Å². The molecule has 1 aliphatic rings. The average molecular weight is 413 g/mol. The third-order valence-corrected chi connectivity index (χ3v) is 6.91. The molecule has 0 saturated carbocycles. The maximum atomic E-state index is 13.9. The second kappa shape index (κ2) is 9.86. The van der Waals surface area contributed by atoms with Crippen molar-refractivity contribution >= 4 is 7.75 Å². The van der Waals surface area contributed by atoms with Gasteiger partial charge in [-0.05, 0) is 17.5 Å². The van der Waals surface area contributed by atoms with Crippen molar-refractivity contribution < 1.29 is 13.6 Å². The van der Waals surface area contributed by atoms with E-state index in [0.717, 1.165) is 24.0 Å². The van der Waals surface area contributed by atoms with Crippen LogP contribution in [-0.4, -0.2) is 17.9 Å². The second-order valence-corrected chi connectivity index (χ2v) is 10.3. The van der Waals surface area contributed by atoms with E-state index in [0.29, 0.717) is 19.8 Å². The maximum Gasteiger partial charge on any atom is 0.409 e. The number of rotatable bonds is 8. The topological polar surface area (TPSA) is 38.8 Å². The largest absolute Gasteiger partial charge is 0.409 e. The van der Waals surface area contributed by atoms with E-state index < -0.39 is 7.75 Å². The summed E-state index contributed by atoms with van der Waals surface area (Å²) < 4.78 is 27.7. The molecule has 1 atom stereocenters. The first kappa shape index (κ1) is 22.0. The fourth-order valence-electron chi connectivity index (χ4n) is 3.27. The Hall–Kier alpha value is -1.71. The SMILES string of the molecule is CCC/C=C/C(c1ccccc1)N(Cc1ccccc1)P1(=O)OCC(C)(C)CO1. The molecular formula is C24H32NO3P. The fourth-order valence-corrected chi connectivity index (χ4v) is 5.52. The van der Waals surface area contributed by atoms with Crippen LogP contribution in [0.2, 0.25) is 0 Å². The molecule has 0 radical (unpaired) electrons. The quantitative estimate of drug-likeness (QED) is 0.354. The van der Waals surface area contributed by atoms with Gasteiger partial charge in [0.1, 0.15) is 0 Å². The summed E-state index contributed by atoms with van der Waals surface area (Å²) in [6.07, 6.45) is 6.33. The predicted molar refractivity (Wildman–Crippen MR) is 119 cm³/mol. The Morgan fingerprint density at radius 1 is 1.03 bits per heavy atom. The van der Waals surface area contributed by atoms with Crippen molar-refractivity contribution in [3.05, 3.63) is 83.9 Å². The molecule has 0 spiro atoms. The Bertz CT molecular complexity index is 822. The van der Waals surface area contributed by atoms with Crippen LogP contribution in [0, 0.1) is 5.41 Å². The highest BCUT2D eigenvalue weighted by Crippen LogP contribution is 2.60. The molecule has 0 aliphatic carbocycles. The van der Waals surface area contributed by atoms with Gasteiger partial charge in [0.15, 0.2) is 0 Å². The van der Waals surface area contributed by atoms with Gasteiger partial charge in [-0.15, -0.1) is 0 Å². The number of unbranched alkanes of at least 4 members (excludes halogenated alkanes) is 1. The van der Waals surface area contributed by atoms with Crippen LogP contribution in [0.1, 0.15) is 50.8 Å². The van der Waals surface area contributed by atoms with E-state index in [-0.39, 0.29) is 11.5 Å². The summed E-state index contributed by atoms with van der Waals surface area (Å²) in [7, 11) is -3.46. The molecule has 2 aromatic rings. The second-order valence-electron chi connectivity index (χ2n) is 8.34. The number of allylic oxidation sites excluding steroid dienone is 1. The Morgan fingerprint density at radius 3 is 2.21 bits per heavy atom. The van der Waals surface area contributed by atoms with E-state index in [1.807, 2.05) is 53.2 Å². The Kier molecular flexibility index (Phi) is 7.48. The molecule has 0 aromatic heterocycles. The van der Waals surface area contributed by atoms with Crippen molar-refractivity contribution in [2.24, 2.45) is 5.41 Å². The molecule has 1 unspecified atom stereocenters. The van der Waals surface area contributed by atoms with Crippen molar-refractivity contribution in [2.45, 2.75) is 46.2 Å². The van der Waals surface area contributed by atoms with Crippen LogP contribution >= 0.6 is 7.75 Å². The minimum absolute atomic E-state index is 0.146. The summed E-state index contributed by atoms with van der Waals surface area (Å²) in [5.74, 6) is 0. The Balaban J connectivity index is 2.00. The van der Waals surface area contributed by atoms with E-state index in [4.69, 9.17) is 9.05 Å². The van der Waals surface area contributed by atoms with Gasteiger partial charge < -0.3 is 0 Å². The molecule has 1 saturated heterocycles. The van der Waals surface area contributed by atoms with E-state index in [9.17, 15) is 4.57 Å². The number of hydrogen-bond donors (Lipinski definition) is 0. The van der Waals surface area contributed by atoms with Gasteiger partial charge >= 0.3 is 7.75 Å². The van der Waals surface area contributed by atoms with Crippen LogP contribution in [0.5, 0.6) is 0 Å². The van der Waals surface area contributed by atoms with Gasteiger partial charge in [0.25, 0.3) is 0 Å². The molecule has 5 heteroatoms. The molecule has 1 heterocycles. The van der Waals surface area contributed by atoms with Crippen LogP contribution in [0.15, 0.2) is 72.8 Å². The molecule has 29 heavy (non-hydrogen) atoms. The third-order valence-electron chi connectivity index (χ3n) is 4.97. The summed E-state index contributed by atoms with van der Waals surface area (Å²) >= 11 is 0. The minimum Gasteiger partial charge on any atom is -0.296 e. The molecule has 156 valence electrons. The zero-order valence-corrected chi connectivity index (χ0v) is 18.6. The summed E-state index contributed by atoms with van der Waals surface area (Å²) in [6.45, 7) is 7.59. The maximum absolute atomic E-state index is 13.9. The van der Waals surface area contributed by atoms with Crippen molar-refractivity contribution in [2.75, 3.05) is 13.2 Å². The van der Waals surface area contributed by atoms with E-state index in [2.05, 4.69) is 45.1 Å².